The Morgan fingerprint density at radius 2 is 0.790 bits per heavy atom. The second kappa shape index (κ2) is 30.4. The van der Waals surface area contributed by atoms with Crippen LogP contribution in [0.5, 0.6) is 0 Å². The molecule has 2 aromatic carbocycles. The van der Waals surface area contributed by atoms with E-state index < -0.39 is 71.8 Å². The van der Waals surface area contributed by atoms with Crippen molar-refractivity contribution in [2.75, 3.05) is 0 Å². The molecule has 17 nitrogen and oxygen atoms in total. The summed E-state index contributed by atoms with van der Waals surface area (Å²) in [5, 5.41) is 33.9. The third kappa shape index (κ3) is 22.8. The molecule has 0 saturated heterocycles. The summed E-state index contributed by atoms with van der Waals surface area (Å²) in [6.07, 6.45) is 3.59. The van der Waals surface area contributed by atoms with Gasteiger partial charge < -0.3 is 42.1 Å². The van der Waals surface area contributed by atoms with Crippen LogP contribution in [-0.2, 0) is 33.6 Å². The minimum absolute atomic E-state index is 0.0208. The molecule has 0 aromatic heterocycles. The zero-order valence-electron chi connectivity index (χ0n) is 37.1. The van der Waals surface area contributed by atoms with Crippen molar-refractivity contribution in [1.82, 2.24) is 31.9 Å². The number of nitrogens with one attached hydrogen (secondary N) is 6. The standard InChI is InChI=1S/2C21H31N3O5.C2H3BrO/c2*1-5-6-12-16(21(28)29)23-18(25)14(4)22-20(27)17(13(2)3)24-19(26)15-10-8-7-9-11-15;1-2(3)4/h2*7-11,13-14,16-17H,5-6,12H2,1-4H3,(H,22,27)(H,23,25)(H,24,26)(H,28,29);1H3/t2*14-,16-,17-;/m00./s1. The molecular formula is C44H65BrN6O11. The number of hydrogen-bond acceptors (Lipinski definition) is 9. The quantitative estimate of drug-likeness (QED) is 0.0770. The molecule has 0 heterocycles. The van der Waals surface area contributed by atoms with Gasteiger partial charge in [-0.2, -0.15) is 0 Å². The van der Waals surface area contributed by atoms with Crippen LogP contribution < -0.4 is 31.9 Å². The highest BCUT2D eigenvalue weighted by Crippen LogP contribution is 2.09. The van der Waals surface area contributed by atoms with Crippen molar-refractivity contribution in [3.05, 3.63) is 71.8 Å². The highest BCUT2D eigenvalue weighted by Gasteiger charge is 2.30. The van der Waals surface area contributed by atoms with Crippen LogP contribution in [0.3, 0.4) is 0 Å². The Bertz CT molecular complexity index is 1640. The summed E-state index contributed by atoms with van der Waals surface area (Å²) >= 11 is 2.63. The fraction of sp³-hybridized carbons (Fsp3) is 0.523. The largest absolute Gasteiger partial charge is 0.480 e. The molecule has 2 aromatic rings. The van der Waals surface area contributed by atoms with Gasteiger partial charge in [0.1, 0.15) is 36.3 Å². The van der Waals surface area contributed by atoms with Crippen molar-refractivity contribution in [2.45, 2.75) is 137 Å². The summed E-state index contributed by atoms with van der Waals surface area (Å²) < 4.78 is -0.0208. The van der Waals surface area contributed by atoms with Crippen LogP contribution in [0.15, 0.2) is 60.7 Å². The van der Waals surface area contributed by atoms with Gasteiger partial charge in [-0.05, 0) is 78.7 Å². The van der Waals surface area contributed by atoms with Crippen molar-refractivity contribution in [1.29, 1.82) is 0 Å². The monoisotopic (exact) mass is 932 g/mol. The molecule has 0 saturated carbocycles. The van der Waals surface area contributed by atoms with Gasteiger partial charge >= 0.3 is 11.9 Å². The van der Waals surface area contributed by atoms with Crippen LogP contribution >= 0.6 is 15.9 Å². The van der Waals surface area contributed by atoms with E-state index in [4.69, 9.17) is 0 Å². The molecule has 0 aliphatic carbocycles. The minimum atomic E-state index is -1.11. The van der Waals surface area contributed by atoms with Gasteiger partial charge in [-0.3, -0.25) is 33.6 Å². The Hall–Kier alpha value is -5.65. The maximum absolute atomic E-state index is 12.6. The van der Waals surface area contributed by atoms with E-state index in [1.807, 2.05) is 13.8 Å². The molecule has 6 atom stereocenters. The highest BCUT2D eigenvalue weighted by atomic mass is 79.9. The first-order valence-electron chi connectivity index (χ1n) is 20.6. The zero-order valence-corrected chi connectivity index (χ0v) is 38.7. The van der Waals surface area contributed by atoms with Gasteiger partial charge in [0, 0.05) is 18.1 Å². The molecule has 0 unspecified atom stereocenters. The second-order valence-electron chi connectivity index (χ2n) is 15.1. The maximum atomic E-state index is 12.6. The number of carbonyl (C=O) groups excluding carboxylic acids is 7. The molecule has 18 heteroatoms. The molecule has 0 bridgehead atoms. The molecule has 0 spiro atoms. The number of rotatable bonds is 22. The normalized spacial score (nSPS) is 13.4. The molecule has 8 N–H and O–H groups in total. The van der Waals surface area contributed by atoms with E-state index in [2.05, 4.69) is 47.8 Å². The van der Waals surface area contributed by atoms with Crippen LogP contribution in [0.25, 0.3) is 0 Å². The number of aliphatic carboxylic acids is 2. The smallest absolute Gasteiger partial charge is 0.326 e. The highest BCUT2D eigenvalue weighted by molar-refractivity contribution is 9.18. The van der Waals surface area contributed by atoms with Crippen molar-refractivity contribution in [2.24, 2.45) is 11.8 Å². The lowest BCUT2D eigenvalue weighted by Crippen LogP contribution is -2.56. The number of carboxylic acid groups (broad SMARTS) is 2. The molecule has 62 heavy (non-hydrogen) atoms. The maximum Gasteiger partial charge on any atom is 0.326 e. The summed E-state index contributed by atoms with van der Waals surface area (Å²) in [5.74, 6) is -5.61. The number of halogens is 1. The summed E-state index contributed by atoms with van der Waals surface area (Å²) in [6.45, 7) is 15.4. The SMILES string of the molecule is CC(=O)Br.CCCC[C@H](NC(=O)[C@H](C)NC(=O)[C@@H](NC(=O)c1ccccc1)C(C)C)C(=O)O.CCCC[C@H](NC(=O)[C@H](C)NC(=O)[C@@H](NC(=O)c1ccccc1)C(C)C)C(=O)O. The second-order valence-corrected chi connectivity index (χ2v) is 16.3. The number of unbranched alkanes of at least 4 members (excludes halogenated alkanes) is 2. The van der Waals surface area contributed by atoms with Crippen LogP contribution in [-0.4, -0.2) is 98.5 Å². The third-order valence-electron chi connectivity index (χ3n) is 8.97. The Labute approximate surface area is 372 Å². The van der Waals surface area contributed by atoms with Crippen molar-refractivity contribution >= 4 is 68.0 Å². The van der Waals surface area contributed by atoms with Gasteiger partial charge in [0.15, 0.2) is 4.69 Å². The molecule has 2 rings (SSSR count). The lowest BCUT2D eigenvalue weighted by Gasteiger charge is -2.24. The Balaban J connectivity index is 0.00000110. The van der Waals surface area contributed by atoms with E-state index in [1.54, 1.807) is 88.4 Å². The van der Waals surface area contributed by atoms with E-state index in [-0.39, 0.29) is 28.3 Å². The number of amides is 6. The topological polar surface area (TPSA) is 266 Å². The lowest BCUT2D eigenvalue weighted by atomic mass is 10.0. The van der Waals surface area contributed by atoms with E-state index in [0.29, 0.717) is 36.8 Å². The van der Waals surface area contributed by atoms with Crippen molar-refractivity contribution in [3.63, 3.8) is 0 Å². The van der Waals surface area contributed by atoms with Crippen molar-refractivity contribution in [3.8, 4) is 0 Å². The van der Waals surface area contributed by atoms with Crippen LogP contribution in [0.4, 0.5) is 0 Å². The van der Waals surface area contributed by atoms with Crippen LogP contribution in [0.1, 0.15) is 122 Å². The molecular weight excluding hydrogens is 868 g/mol. The van der Waals surface area contributed by atoms with Gasteiger partial charge in [0.05, 0.1) is 0 Å². The van der Waals surface area contributed by atoms with Crippen molar-refractivity contribution < 1.29 is 53.4 Å². The fourth-order valence-electron chi connectivity index (χ4n) is 5.36. The first-order valence-corrected chi connectivity index (χ1v) is 21.4. The van der Waals surface area contributed by atoms with E-state index in [0.717, 1.165) is 12.8 Å². The minimum Gasteiger partial charge on any atom is -0.480 e. The van der Waals surface area contributed by atoms with Crippen LogP contribution in [0.2, 0.25) is 0 Å². The molecule has 0 aliphatic rings. The summed E-state index contributed by atoms with van der Waals surface area (Å²) in [5.41, 5.74) is 0.855. The Morgan fingerprint density at radius 3 is 1.03 bits per heavy atom. The van der Waals surface area contributed by atoms with Gasteiger partial charge in [-0.1, -0.05) is 104 Å². The van der Waals surface area contributed by atoms with E-state index in [1.165, 1.54) is 20.8 Å². The van der Waals surface area contributed by atoms with E-state index in [9.17, 15) is 53.4 Å². The van der Waals surface area contributed by atoms with Gasteiger partial charge in [-0.15, -0.1) is 0 Å². The molecule has 0 aliphatic heterocycles. The third-order valence-corrected chi connectivity index (χ3v) is 8.97. The summed E-state index contributed by atoms with van der Waals surface area (Å²) in [6, 6.07) is 11.5. The average Bonchev–Trinajstić information content (AvgIpc) is 3.21. The number of benzene rings is 2. The van der Waals surface area contributed by atoms with Gasteiger partial charge in [0.25, 0.3) is 11.8 Å². The van der Waals surface area contributed by atoms with Crippen LogP contribution in [0, 0.1) is 11.8 Å². The summed E-state index contributed by atoms with van der Waals surface area (Å²) in [4.78, 5) is 107. The lowest BCUT2D eigenvalue weighted by molar-refractivity contribution is -0.142. The predicted molar refractivity (Wildman–Crippen MR) is 238 cm³/mol. The number of hydrogen-bond donors (Lipinski definition) is 8. The van der Waals surface area contributed by atoms with E-state index >= 15 is 0 Å². The number of carboxylic acids is 2. The first kappa shape index (κ1) is 56.4. The van der Waals surface area contributed by atoms with Gasteiger partial charge in [0.2, 0.25) is 23.6 Å². The molecule has 0 radical (unpaired) electrons. The fourth-order valence-corrected chi connectivity index (χ4v) is 5.36. The summed E-state index contributed by atoms with van der Waals surface area (Å²) in [7, 11) is 0. The first-order chi connectivity index (χ1) is 29.1. The molecule has 0 fully saturated rings. The molecule has 344 valence electrons. The average molecular weight is 934 g/mol. The zero-order chi connectivity index (χ0) is 47.5. The predicted octanol–water partition coefficient (Wildman–Crippen LogP) is 4.34. The Morgan fingerprint density at radius 1 is 0.500 bits per heavy atom. The van der Waals surface area contributed by atoms with Gasteiger partial charge in [-0.25, -0.2) is 9.59 Å². The Kier molecular flexibility index (Phi) is 27.6. The number of carbonyl (C=O) groups is 9. The molecule has 6 amide bonds.